The van der Waals surface area contributed by atoms with Gasteiger partial charge in [0.2, 0.25) is 0 Å². The first-order valence-corrected chi connectivity index (χ1v) is 4.00. The summed E-state index contributed by atoms with van der Waals surface area (Å²) in [6, 6.07) is 7.42. The number of carbonyl (C=O) groups excluding carboxylic acids is 1. The molecule has 0 amide bonds. The molecule has 0 aliphatic heterocycles. The number of aliphatic hydroxyl groups is 1. The molecule has 0 radical (unpaired) electrons. The van der Waals surface area contributed by atoms with Crippen molar-refractivity contribution in [2.45, 2.75) is 19.4 Å². The number of aryl methyl sites for hydroxylation is 1. The van der Waals surface area contributed by atoms with Crippen LogP contribution in [0.25, 0.3) is 0 Å². The highest BCUT2D eigenvalue weighted by Crippen LogP contribution is 2.12. The molecule has 0 saturated heterocycles. The van der Waals surface area contributed by atoms with Gasteiger partial charge in [0.05, 0.1) is 0 Å². The molecule has 1 atom stereocenters. The Kier molecular flexibility index (Phi) is 3.00. The molecule has 1 unspecified atom stereocenters. The summed E-state index contributed by atoms with van der Waals surface area (Å²) < 4.78 is 0. The minimum Gasteiger partial charge on any atom is -0.381 e. The molecule has 64 valence electrons. The second kappa shape index (κ2) is 4.02. The van der Waals surface area contributed by atoms with Crippen LogP contribution in [0.2, 0.25) is 0 Å². The van der Waals surface area contributed by atoms with Gasteiger partial charge in [-0.2, -0.15) is 0 Å². The molecule has 0 bridgehead atoms. The highest BCUT2D eigenvalue weighted by molar-refractivity contribution is 5.59. The van der Waals surface area contributed by atoms with Gasteiger partial charge in [-0.25, -0.2) is 0 Å². The van der Waals surface area contributed by atoms with Gasteiger partial charge in [-0.05, 0) is 17.5 Å². The molecular formula is C10H12O2. The molecule has 2 heteroatoms. The molecule has 1 aromatic carbocycles. The Morgan fingerprint density at radius 2 is 2.33 bits per heavy atom. The molecule has 1 rings (SSSR count). The summed E-state index contributed by atoms with van der Waals surface area (Å²) in [5.41, 5.74) is 1.80. The Morgan fingerprint density at radius 1 is 1.58 bits per heavy atom. The van der Waals surface area contributed by atoms with E-state index in [1.165, 1.54) is 0 Å². The van der Waals surface area contributed by atoms with Crippen molar-refractivity contribution in [2.75, 3.05) is 0 Å². The minimum absolute atomic E-state index is 0.536. The average Bonchev–Trinajstić information content (AvgIpc) is 2.17. The Labute approximate surface area is 71.8 Å². The van der Waals surface area contributed by atoms with Crippen molar-refractivity contribution < 1.29 is 9.90 Å². The summed E-state index contributed by atoms with van der Waals surface area (Å²) in [6.07, 6.45) is 0.477. The Morgan fingerprint density at radius 3 is 2.92 bits per heavy atom. The Bertz CT molecular complexity index is 268. The molecule has 0 aliphatic rings. The average molecular weight is 164 g/mol. The van der Waals surface area contributed by atoms with Crippen LogP contribution in [0.15, 0.2) is 24.3 Å². The molecule has 0 aliphatic carbocycles. The number of aldehydes is 1. The maximum Gasteiger partial charge on any atom is 0.153 e. The van der Waals surface area contributed by atoms with Gasteiger partial charge in [0.25, 0.3) is 0 Å². The maximum absolute atomic E-state index is 10.3. The Balaban J connectivity index is 2.93. The topological polar surface area (TPSA) is 37.3 Å². The van der Waals surface area contributed by atoms with Gasteiger partial charge in [-0.15, -0.1) is 0 Å². The zero-order valence-electron chi connectivity index (χ0n) is 7.03. The molecular weight excluding hydrogens is 152 g/mol. The molecule has 0 heterocycles. The van der Waals surface area contributed by atoms with Gasteiger partial charge >= 0.3 is 0 Å². The van der Waals surface area contributed by atoms with Crippen molar-refractivity contribution in [3.05, 3.63) is 35.4 Å². The second-order valence-corrected chi connectivity index (χ2v) is 2.68. The number of benzene rings is 1. The molecule has 0 fully saturated rings. The van der Waals surface area contributed by atoms with E-state index in [4.69, 9.17) is 0 Å². The number of rotatable bonds is 3. The highest BCUT2D eigenvalue weighted by Gasteiger charge is 2.04. The van der Waals surface area contributed by atoms with E-state index in [0.717, 1.165) is 12.0 Å². The largest absolute Gasteiger partial charge is 0.381 e. The third-order valence-electron chi connectivity index (χ3n) is 1.83. The first-order chi connectivity index (χ1) is 5.77. The van der Waals surface area contributed by atoms with Gasteiger partial charge < -0.3 is 9.90 Å². The van der Waals surface area contributed by atoms with Crippen molar-refractivity contribution in [3.63, 3.8) is 0 Å². The molecule has 1 aromatic rings. The normalized spacial score (nSPS) is 12.5. The van der Waals surface area contributed by atoms with Gasteiger partial charge in [0.15, 0.2) is 6.29 Å². The lowest BCUT2D eigenvalue weighted by Crippen LogP contribution is -1.98. The van der Waals surface area contributed by atoms with Gasteiger partial charge in [-0.1, -0.05) is 31.2 Å². The third-order valence-corrected chi connectivity index (χ3v) is 1.83. The lowest BCUT2D eigenvalue weighted by atomic mass is 10.1. The lowest BCUT2D eigenvalue weighted by Gasteiger charge is -2.04. The second-order valence-electron chi connectivity index (χ2n) is 2.68. The van der Waals surface area contributed by atoms with E-state index in [9.17, 15) is 9.90 Å². The van der Waals surface area contributed by atoms with E-state index < -0.39 is 6.10 Å². The molecule has 0 saturated carbocycles. The summed E-state index contributed by atoms with van der Waals surface area (Å²) in [7, 11) is 0. The van der Waals surface area contributed by atoms with E-state index in [1.807, 2.05) is 25.1 Å². The summed E-state index contributed by atoms with van der Waals surface area (Å²) in [5, 5.41) is 9.18. The maximum atomic E-state index is 10.3. The summed E-state index contributed by atoms with van der Waals surface area (Å²) in [4.78, 5) is 10.3. The number of hydrogen-bond acceptors (Lipinski definition) is 2. The van der Waals surface area contributed by atoms with Crippen molar-refractivity contribution >= 4 is 6.29 Å². The smallest absolute Gasteiger partial charge is 0.153 e. The van der Waals surface area contributed by atoms with Crippen LogP contribution >= 0.6 is 0 Å². The summed E-state index contributed by atoms with van der Waals surface area (Å²) >= 11 is 0. The fraction of sp³-hybridized carbons (Fsp3) is 0.300. The number of hydrogen-bond donors (Lipinski definition) is 1. The van der Waals surface area contributed by atoms with Gasteiger partial charge in [-0.3, -0.25) is 0 Å². The molecule has 0 spiro atoms. The Hall–Kier alpha value is -1.15. The van der Waals surface area contributed by atoms with Crippen LogP contribution < -0.4 is 0 Å². The first-order valence-electron chi connectivity index (χ1n) is 4.00. The standard InChI is InChI=1S/C10H12O2/c1-2-8-4-3-5-9(6-8)10(12)7-11/h3-7,10,12H,2H2,1H3. The molecule has 1 N–H and O–H groups in total. The van der Waals surface area contributed by atoms with Crippen molar-refractivity contribution in [1.29, 1.82) is 0 Å². The van der Waals surface area contributed by atoms with Crippen LogP contribution in [0.4, 0.5) is 0 Å². The SMILES string of the molecule is CCc1cccc(C(O)C=O)c1. The summed E-state index contributed by atoms with van der Waals surface area (Å²) in [6.45, 7) is 2.03. The molecule has 0 aromatic heterocycles. The fourth-order valence-electron chi connectivity index (χ4n) is 1.08. The molecule has 2 nitrogen and oxygen atoms in total. The quantitative estimate of drug-likeness (QED) is 0.687. The van der Waals surface area contributed by atoms with Crippen molar-refractivity contribution in [3.8, 4) is 0 Å². The zero-order chi connectivity index (χ0) is 8.97. The minimum atomic E-state index is -0.975. The fourth-order valence-corrected chi connectivity index (χ4v) is 1.08. The van der Waals surface area contributed by atoms with E-state index in [0.29, 0.717) is 11.8 Å². The van der Waals surface area contributed by atoms with Crippen LogP contribution in [-0.4, -0.2) is 11.4 Å². The monoisotopic (exact) mass is 164 g/mol. The lowest BCUT2D eigenvalue weighted by molar-refractivity contribution is -0.115. The van der Waals surface area contributed by atoms with Crippen molar-refractivity contribution in [2.24, 2.45) is 0 Å². The van der Waals surface area contributed by atoms with E-state index in [-0.39, 0.29) is 0 Å². The van der Waals surface area contributed by atoms with E-state index in [2.05, 4.69) is 0 Å². The van der Waals surface area contributed by atoms with Crippen LogP contribution in [-0.2, 0) is 11.2 Å². The predicted molar refractivity (Wildman–Crippen MR) is 46.8 cm³/mol. The van der Waals surface area contributed by atoms with Crippen LogP contribution in [0.5, 0.6) is 0 Å². The predicted octanol–water partition coefficient (Wildman–Crippen LogP) is 1.48. The highest BCUT2D eigenvalue weighted by atomic mass is 16.3. The van der Waals surface area contributed by atoms with Crippen LogP contribution in [0.3, 0.4) is 0 Å². The zero-order valence-corrected chi connectivity index (χ0v) is 7.03. The third kappa shape index (κ3) is 1.92. The van der Waals surface area contributed by atoms with Gasteiger partial charge in [0.1, 0.15) is 6.10 Å². The van der Waals surface area contributed by atoms with Gasteiger partial charge in [0, 0.05) is 0 Å². The number of aliphatic hydroxyl groups excluding tert-OH is 1. The number of carbonyl (C=O) groups is 1. The van der Waals surface area contributed by atoms with E-state index in [1.54, 1.807) is 6.07 Å². The van der Waals surface area contributed by atoms with E-state index >= 15 is 0 Å². The van der Waals surface area contributed by atoms with Crippen molar-refractivity contribution in [1.82, 2.24) is 0 Å². The molecule has 12 heavy (non-hydrogen) atoms. The first kappa shape index (κ1) is 8.94. The van der Waals surface area contributed by atoms with Crippen LogP contribution in [0.1, 0.15) is 24.2 Å². The summed E-state index contributed by atoms with van der Waals surface area (Å²) in [5.74, 6) is 0. The van der Waals surface area contributed by atoms with Crippen LogP contribution in [0, 0.1) is 0 Å².